The molecule has 1 unspecified atom stereocenters. The minimum atomic E-state index is -0.301. The van der Waals surface area contributed by atoms with E-state index in [1.807, 2.05) is 6.07 Å². The van der Waals surface area contributed by atoms with E-state index in [9.17, 15) is 4.79 Å². The van der Waals surface area contributed by atoms with E-state index in [0.29, 0.717) is 5.92 Å². The normalized spacial score (nSPS) is 17.2. The van der Waals surface area contributed by atoms with E-state index >= 15 is 0 Å². The predicted octanol–water partition coefficient (Wildman–Crippen LogP) is 2.56. The van der Waals surface area contributed by atoms with Crippen molar-refractivity contribution in [3.05, 3.63) is 0 Å². The van der Waals surface area contributed by atoms with Crippen molar-refractivity contribution < 1.29 is 19.6 Å². The Bertz CT molecular complexity index is 349. The molecule has 0 bridgehead atoms. The van der Waals surface area contributed by atoms with Crippen molar-refractivity contribution in [2.45, 2.75) is 39.0 Å². The van der Waals surface area contributed by atoms with E-state index in [4.69, 9.17) is 10.5 Å². The topological polar surface area (TPSA) is 92.3 Å². The second-order valence-corrected chi connectivity index (χ2v) is 4.76. The van der Waals surface area contributed by atoms with Gasteiger partial charge in [0.2, 0.25) is 0 Å². The molecule has 2 fully saturated rings. The molecule has 0 aliphatic heterocycles. The first-order valence-electron chi connectivity index (χ1n) is 6.61. The number of carbonyl (C=O) groups is 1. The van der Waals surface area contributed by atoms with Gasteiger partial charge in [-0.05, 0) is 44.4 Å². The summed E-state index contributed by atoms with van der Waals surface area (Å²) in [5.74, 6) is 0.910. The standard InChI is InChI=1S/C7H9NO.C5H7N.C2H6O3/c1-5(9)7(4-8)6-2-3-6;6-4-3-5-1-2-5;1-3-5-4-2/h6-7H,2-3H2,1H3;5H,1-3H2;1-2H3. The molecular formula is C14H22N2O4. The molecule has 0 amide bonds. The first kappa shape index (κ1) is 18.5. The number of carbonyl (C=O) groups excluding carboxylic acids is 1. The minimum absolute atomic E-state index is 0.0278. The number of Topliss-reactive ketones (excluding diaryl/α,β-unsaturated/α-hetero) is 1. The van der Waals surface area contributed by atoms with E-state index in [-0.39, 0.29) is 11.7 Å². The van der Waals surface area contributed by atoms with Crippen molar-refractivity contribution in [3.63, 3.8) is 0 Å². The second-order valence-electron chi connectivity index (χ2n) is 4.76. The third-order valence-electron chi connectivity index (χ3n) is 2.88. The molecule has 2 aliphatic rings. The van der Waals surface area contributed by atoms with Crippen LogP contribution in [0.15, 0.2) is 0 Å². The van der Waals surface area contributed by atoms with Gasteiger partial charge in [0.05, 0.1) is 26.4 Å². The smallest absolute Gasteiger partial charge is 0.147 e. The van der Waals surface area contributed by atoms with E-state index in [1.54, 1.807) is 0 Å². The van der Waals surface area contributed by atoms with Crippen LogP contribution in [0.3, 0.4) is 0 Å². The van der Waals surface area contributed by atoms with Crippen molar-refractivity contribution in [2.75, 3.05) is 14.2 Å². The fourth-order valence-electron chi connectivity index (χ4n) is 1.48. The summed E-state index contributed by atoms with van der Waals surface area (Å²) in [6.07, 6.45) is 5.52. The zero-order valence-electron chi connectivity index (χ0n) is 12.3. The molecule has 20 heavy (non-hydrogen) atoms. The SMILES string of the molecule is CC(=O)C(C#N)C1CC1.COOOC.N#CCC1CC1. The summed E-state index contributed by atoms with van der Waals surface area (Å²) in [4.78, 5) is 18.6. The maximum Gasteiger partial charge on any atom is 0.147 e. The van der Waals surface area contributed by atoms with Crippen LogP contribution in [0.5, 0.6) is 0 Å². The number of ketones is 1. The first-order valence-corrected chi connectivity index (χ1v) is 6.61. The third kappa shape index (κ3) is 10.5. The maximum absolute atomic E-state index is 10.6. The maximum atomic E-state index is 10.6. The molecule has 0 radical (unpaired) electrons. The Hall–Kier alpha value is -1.47. The van der Waals surface area contributed by atoms with Crippen LogP contribution in [0.2, 0.25) is 0 Å². The van der Waals surface area contributed by atoms with Crippen molar-refractivity contribution in [1.82, 2.24) is 0 Å². The van der Waals surface area contributed by atoms with Gasteiger partial charge in [-0.25, -0.2) is 9.78 Å². The summed E-state index contributed by atoms with van der Waals surface area (Å²) in [5.41, 5.74) is 0. The highest BCUT2D eigenvalue weighted by atomic mass is 17.5. The molecule has 0 saturated heterocycles. The Morgan fingerprint density at radius 2 is 1.75 bits per heavy atom. The molecule has 2 saturated carbocycles. The van der Waals surface area contributed by atoms with Gasteiger partial charge in [0.1, 0.15) is 11.7 Å². The van der Waals surface area contributed by atoms with Crippen LogP contribution in [0.25, 0.3) is 0 Å². The van der Waals surface area contributed by atoms with Crippen molar-refractivity contribution in [2.24, 2.45) is 17.8 Å². The summed E-state index contributed by atoms with van der Waals surface area (Å²) < 4.78 is 0. The highest BCUT2D eigenvalue weighted by Gasteiger charge is 2.33. The van der Waals surface area contributed by atoms with Crippen LogP contribution >= 0.6 is 0 Å². The Morgan fingerprint density at radius 3 is 1.85 bits per heavy atom. The highest BCUT2D eigenvalue weighted by molar-refractivity contribution is 5.81. The molecule has 2 rings (SSSR count). The number of nitrogens with zero attached hydrogens (tertiary/aromatic N) is 2. The number of hydrogen-bond acceptors (Lipinski definition) is 6. The molecule has 112 valence electrons. The van der Waals surface area contributed by atoms with Gasteiger partial charge >= 0.3 is 0 Å². The average molecular weight is 282 g/mol. The fraction of sp³-hybridized carbons (Fsp3) is 0.786. The van der Waals surface area contributed by atoms with Crippen LogP contribution in [0.1, 0.15) is 39.0 Å². The van der Waals surface area contributed by atoms with Gasteiger partial charge in [-0.2, -0.15) is 10.5 Å². The Labute approximate surface area is 120 Å². The van der Waals surface area contributed by atoms with Crippen LogP contribution in [-0.4, -0.2) is 20.0 Å². The second kappa shape index (κ2) is 11.4. The number of hydrogen-bond donors (Lipinski definition) is 0. The molecule has 6 nitrogen and oxygen atoms in total. The lowest BCUT2D eigenvalue weighted by molar-refractivity contribution is -0.491. The molecular weight excluding hydrogens is 260 g/mol. The van der Waals surface area contributed by atoms with Gasteiger partial charge in [-0.3, -0.25) is 4.79 Å². The molecule has 0 aromatic carbocycles. The van der Waals surface area contributed by atoms with Gasteiger partial charge in [0.25, 0.3) is 0 Å². The molecule has 6 heteroatoms. The average Bonchev–Trinajstić information content (AvgIpc) is 3.26. The van der Waals surface area contributed by atoms with Gasteiger partial charge < -0.3 is 0 Å². The van der Waals surface area contributed by atoms with Crippen LogP contribution in [-0.2, 0) is 19.6 Å². The molecule has 0 N–H and O–H groups in total. The Balaban J connectivity index is 0.000000288. The molecule has 0 aromatic heterocycles. The predicted molar refractivity (Wildman–Crippen MR) is 70.6 cm³/mol. The monoisotopic (exact) mass is 282 g/mol. The van der Waals surface area contributed by atoms with Crippen molar-refractivity contribution in [1.29, 1.82) is 10.5 Å². The third-order valence-corrected chi connectivity index (χ3v) is 2.88. The lowest BCUT2D eigenvalue weighted by atomic mass is 10.0. The number of rotatable bonds is 5. The molecule has 2 aliphatic carbocycles. The zero-order valence-corrected chi connectivity index (χ0v) is 12.3. The summed E-state index contributed by atoms with van der Waals surface area (Å²) in [5, 5.41) is 20.3. The van der Waals surface area contributed by atoms with Crippen molar-refractivity contribution >= 4 is 5.78 Å². The first-order chi connectivity index (χ1) is 9.60. The Morgan fingerprint density at radius 1 is 1.20 bits per heavy atom. The van der Waals surface area contributed by atoms with Gasteiger partial charge in [0.15, 0.2) is 0 Å². The summed E-state index contributed by atoms with van der Waals surface area (Å²) >= 11 is 0. The molecule has 1 atom stereocenters. The summed E-state index contributed by atoms with van der Waals surface area (Å²) in [6.45, 7) is 1.49. The van der Waals surface area contributed by atoms with Crippen LogP contribution < -0.4 is 0 Å². The quantitative estimate of drug-likeness (QED) is 0.568. The van der Waals surface area contributed by atoms with E-state index in [1.165, 1.54) is 34.0 Å². The van der Waals surface area contributed by atoms with Crippen LogP contribution in [0.4, 0.5) is 0 Å². The van der Waals surface area contributed by atoms with E-state index in [2.05, 4.69) is 20.9 Å². The molecule has 0 aromatic rings. The van der Waals surface area contributed by atoms with E-state index in [0.717, 1.165) is 25.2 Å². The lowest BCUT2D eigenvalue weighted by Gasteiger charge is -1.97. The highest BCUT2D eigenvalue weighted by Crippen LogP contribution is 2.36. The van der Waals surface area contributed by atoms with Crippen LogP contribution in [0, 0.1) is 40.4 Å². The van der Waals surface area contributed by atoms with Gasteiger partial charge in [-0.15, -0.1) is 0 Å². The number of nitriles is 2. The molecule has 0 heterocycles. The zero-order chi connectivity index (χ0) is 15.4. The minimum Gasteiger partial charge on any atom is -0.299 e. The Kier molecular flexibility index (Phi) is 10.5. The summed E-state index contributed by atoms with van der Waals surface area (Å²) in [7, 11) is 2.73. The van der Waals surface area contributed by atoms with Gasteiger partial charge in [-0.1, -0.05) is 5.04 Å². The summed E-state index contributed by atoms with van der Waals surface area (Å²) in [6, 6.07) is 4.14. The largest absolute Gasteiger partial charge is 0.299 e. The van der Waals surface area contributed by atoms with Gasteiger partial charge in [0, 0.05) is 6.42 Å². The lowest BCUT2D eigenvalue weighted by Crippen LogP contribution is -2.09. The van der Waals surface area contributed by atoms with Crippen molar-refractivity contribution in [3.8, 4) is 12.1 Å². The van der Waals surface area contributed by atoms with E-state index < -0.39 is 0 Å². The molecule has 0 spiro atoms. The fourth-order valence-corrected chi connectivity index (χ4v) is 1.48.